The van der Waals surface area contributed by atoms with Crippen LogP contribution in [0.1, 0.15) is 21.8 Å². The SMILES string of the molecule is Cc1c(C(N)=O)cc(-c2ccc3ccccc3c2)n1Cc1ccco1. The lowest BCUT2D eigenvalue weighted by molar-refractivity contribution is 0.0999. The van der Waals surface area contributed by atoms with Crippen molar-refractivity contribution in [3.63, 3.8) is 0 Å². The number of primary amides is 1. The highest BCUT2D eigenvalue weighted by Crippen LogP contribution is 2.29. The summed E-state index contributed by atoms with van der Waals surface area (Å²) in [6.45, 7) is 2.46. The van der Waals surface area contributed by atoms with E-state index in [4.69, 9.17) is 10.2 Å². The molecule has 0 fully saturated rings. The maximum absolute atomic E-state index is 11.8. The molecule has 0 bridgehead atoms. The minimum absolute atomic E-state index is 0.419. The zero-order valence-corrected chi connectivity index (χ0v) is 13.9. The Labute approximate surface area is 145 Å². The van der Waals surface area contributed by atoms with Crippen LogP contribution in [0.4, 0.5) is 0 Å². The van der Waals surface area contributed by atoms with Gasteiger partial charge in [-0.15, -0.1) is 0 Å². The van der Waals surface area contributed by atoms with Crippen LogP contribution in [-0.2, 0) is 6.54 Å². The molecule has 2 heterocycles. The van der Waals surface area contributed by atoms with Gasteiger partial charge >= 0.3 is 0 Å². The van der Waals surface area contributed by atoms with Crippen molar-refractivity contribution in [1.82, 2.24) is 4.57 Å². The van der Waals surface area contributed by atoms with E-state index in [1.54, 1.807) is 6.26 Å². The lowest BCUT2D eigenvalue weighted by Gasteiger charge is -2.11. The van der Waals surface area contributed by atoms with Gasteiger partial charge in [0, 0.05) is 11.4 Å². The Balaban J connectivity index is 1.89. The van der Waals surface area contributed by atoms with E-state index in [1.165, 1.54) is 5.39 Å². The lowest BCUT2D eigenvalue weighted by atomic mass is 10.0. The van der Waals surface area contributed by atoms with Crippen molar-refractivity contribution in [2.75, 3.05) is 0 Å². The molecule has 0 saturated heterocycles. The van der Waals surface area contributed by atoms with E-state index >= 15 is 0 Å². The van der Waals surface area contributed by atoms with Gasteiger partial charge in [0.05, 0.1) is 18.4 Å². The van der Waals surface area contributed by atoms with Gasteiger partial charge in [-0.1, -0.05) is 36.4 Å². The Morgan fingerprint density at radius 1 is 1.04 bits per heavy atom. The molecule has 0 spiro atoms. The van der Waals surface area contributed by atoms with Crippen molar-refractivity contribution < 1.29 is 9.21 Å². The second kappa shape index (κ2) is 5.98. The topological polar surface area (TPSA) is 61.2 Å². The van der Waals surface area contributed by atoms with Crippen LogP contribution in [0.15, 0.2) is 71.3 Å². The van der Waals surface area contributed by atoms with Crippen LogP contribution in [0.5, 0.6) is 0 Å². The molecule has 0 aliphatic carbocycles. The number of nitrogens with two attached hydrogens (primary N) is 1. The number of furan rings is 1. The molecule has 2 N–H and O–H groups in total. The Morgan fingerprint density at radius 3 is 2.56 bits per heavy atom. The molecule has 4 heteroatoms. The summed E-state index contributed by atoms with van der Waals surface area (Å²) in [5.74, 6) is 0.412. The van der Waals surface area contributed by atoms with Gasteiger partial charge in [-0.05, 0) is 47.5 Å². The van der Waals surface area contributed by atoms with Crippen molar-refractivity contribution in [3.8, 4) is 11.3 Å². The van der Waals surface area contributed by atoms with Crippen molar-refractivity contribution in [2.24, 2.45) is 5.73 Å². The van der Waals surface area contributed by atoms with Crippen molar-refractivity contribution >= 4 is 16.7 Å². The minimum atomic E-state index is -0.419. The molecule has 124 valence electrons. The number of rotatable bonds is 4. The predicted molar refractivity (Wildman–Crippen MR) is 98.4 cm³/mol. The lowest BCUT2D eigenvalue weighted by Crippen LogP contribution is -2.12. The molecule has 2 aromatic carbocycles. The first-order valence-corrected chi connectivity index (χ1v) is 8.15. The Morgan fingerprint density at radius 2 is 1.84 bits per heavy atom. The smallest absolute Gasteiger partial charge is 0.250 e. The summed E-state index contributed by atoms with van der Waals surface area (Å²) < 4.78 is 7.56. The van der Waals surface area contributed by atoms with Crippen LogP contribution in [-0.4, -0.2) is 10.5 Å². The third-order valence-electron chi connectivity index (χ3n) is 4.57. The van der Waals surface area contributed by atoms with Gasteiger partial charge in [-0.25, -0.2) is 0 Å². The molecule has 25 heavy (non-hydrogen) atoms. The maximum Gasteiger partial charge on any atom is 0.250 e. The van der Waals surface area contributed by atoms with Gasteiger partial charge in [-0.2, -0.15) is 0 Å². The van der Waals surface area contributed by atoms with Crippen molar-refractivity contribution in [3.05, 3.63) is 83.9 Å². The van der Waals surface area contributed by atoms with Crippen molar-refractivity contribution in [2.45, 2.75) is 13.5 Å². The van der Waals surface area contributed by atoms with E-state index in [2.05, 4.69) is 34.9 Å². The third-order valence-corrected chi connectivity index (χ3v) is 4.57. The van der Waals surface area contributed by atoms with E-state index in [0.717, 1.165) is 28.1 Å². The molecular formula is C21H18N2O2. The first-order chi connectivity index (χ1) is 12.1. The second-order valence-corrected chi connectivity index (χ2v) is 6.12. The average Bonchev–Trinajstić information content (AvgIpc) is 3.24. The summed E-state index contributed by atoms with van der Waals surface area (Å²) >= 11 is 0. The van der Waals surface area contributed by atoms with E-state index in [-0.39, 0.29) is 0 Å². The third kappa shape index (κ3) is 2.72. The average molecular weight is 330 g/mol. The van der Waals surface area contributed by atoms with Crippen LogP contribution in [0.25, 0.3) is 22.0 Å². The van der Waals surface area contributed by atoms with Gasteiger partial charge < -0.3 is 14.7 Å². The fourth-order valence-electron chi connectivity index (χ4n) is 3.24. The monoisotopic (exact) mass is 330 g/mol. The van der Waals surface area contributed by atoms with Gasteiger partial charge in [0.2, 0.25) is 0 Å². The quantitative estimate of drug-likeness (QED) is 0.604. The first-order valence-electron chi connectivity index (χ1n) is 8.15. The molecule has 0 saturated carbocycles. The fourth-order valence-corrected chi connectivity index (χ4v) is 3.24. The molecule has 4 rings (SSSR count). The summed E-state index contributed by atoms with van der Waals surface area (Å²) in [5, 5.41) is 2.34. The second-order valence-electron chi connectivity index (χ2n) is 6.12. The molecule has 4 aromatic rings. The number of carbonyl (C=O) groups excluding carboxylic acids is 1. The summed E-state index contributed by atoms with van der Waals surface area (Å²) in [5.41, 5.74) is 8.93. The summed E-state index contributed by atoms with van der Waals surface area (Å²) in [6.07, 6.45) is 1.65. The largest absolute Gasteiger partial charge is 0.467 e. The molecule has 0 atom stereocenters. The standard InChI is InChI=1S/C21H18N2O2/c1-14-19(21(22)24)12-20(23(14)13-18-7-4-10-25-18)17-9-8-15-5-2-3-6-16(15)11-17/h2-12H,13H2,1H3,(H2,22,24). The van der Waals surface area contributed by atoms with Crippen molar-refractivity contribution in [1.29, 1.82) is 0 Å². The molecule has 2 aromatic heterocycles. The van der Waals surface area contributed by atoms with Gasteiger partial charge in [0.25, 0.3) is 5.91 Å². The molecule has 1 amide bonds. The van der Waals surface area contributed by atoms with Crippen LogP contribution < -0.4 is 5.73 Å². The van der Waals surface area contributed by atoms with Gasteiger partial charge in [0.1, 0.15) is 5.76 Å². The zero-order chi connectivity index (χ0) is 17.4. The van der Waals surface area contributed by atoms with E-state index in [0.29, 0.717) is 12.1 Å². The number of nitrogens with zero attached hydrogens (tertiary/aromatic N) is 1. The maximum atomic E-state index is 11.8. The molecule has 0 aliphatic heterocycles. The Kier molecular flexibility index (Phi) is 3.65. The van der Waals surface area contributed by atoms with E-state index < -0.39 is 5.91 Å². The highest BCUT2D eigenvalue weighted by molar-refractivity contribution is 5.96. The Hall–Kier alpha value is -3.27. The number of hydrogen-bond acceptors (Lipinski definition) is 2. The highest BCUT2D eigenvalue weighted by Gasteiger charge is 2.17. The van der Waals surface area contributed by atoms with Crippen LogP contribution in [0, 0.1) is 6.92 Å². The normalized spacial score (nSPS) is 11.1. The fraction of sp³-hybridized carbons (Fsp3) is 0.0952. The number of carbonyl (C=O) groups is 1. The van der Waals surface area contributed by atoms with Crippen LogP contribution >= 0.6 is 0 Å². The van der Waals surface area contributed by atoms with Gasteiger partial charge in [0.15, 0.2) is 0 Å². The molecular weight excluding hydrogens is 312 g/mol. The van der Waals surface area contributed by atoms with Crippen LogP contribution in [0.3, 0.4) is 0 Å². The molecule has 0 aliphatic rings. The van der Waals surface area contributed by atoms with Crippen LogP contribution in [0.2, 0.25) is 0 Å². The zero-order valence-electron chi connectivity index (χ0n) is 13.9. The number of fused-ring (bicyclic) bond motifs is 1. The molecule has 4 nitrogen and oxygen atoms in total. The first kappa shape index (κ1) is 15.3. The highest BCUT2D eigenvalue weighted by atomic mass is 16.3. The summed E-state index contributed by atoms with van der Waals surface area (Å²) in [4.78, 5) is 11.8. The summed E-state index contributed by atoms with van der Waals surface area (Å²) in [7, 11) is 0. The number of amides is 1. The number of hydrogen-bond donors (Lipinski definition) is 1. The van der Waals surface area contributed by atoms with Gasteiger partial charge in [-0.3, -0.25) is 4.79 Å². The number of benzene rings is 2. The predicted octanol–water partition coefficient (Wildman–Crippen LogP) is 4.36. The minimum Gasteiger partial charge on any atom is -0.467 e. The summed E-state index contributed by atoms with van der Waals surface area (Å²) in [6, 6.07) is 20.2. The molecule has 0 radical (unpaired) electrons. The van der Waals surface area contributed by atoms with E-state index in [1.807, 2.05) is 37.3 Å². The van der Waals surface area contributed by atoms with E-state index in [9.17, 15) is 4.79 Å². The molecule has 0 unspecified atom stereocenters. The number of aromatic nitrogens is 1. The Bertz CT molecular complexity index is 1060.